The summed E-state index contributed by atoms with van der Waals surface area (Å²) in [7, 11) is 0. The molecule has 1 unspecified atom stereocenters. The Bertz CT molecular complexity index is 951. The second-order valence-corrected chi connectivity index (χ2v) is 7.17. The van der Waals surface area contributed by atoms with Crippen molar-refractivity contribution in [3.05, 3.63) is 67.0 Å². The van der Waals surface area contributed by atoms with E-state index >= 15 is 0 Å². The van der Waals surface area contributed by atoms with E-state index in [0.717, 1.165) is 11.1 Å². The zero-order valence-corrected chi connectivity index (χ0v) is 17.3. The van der Waals surface area contributed by atoms with Gasteiger partial charge >= 0.3 is 11.7 Å². The Hall–Kier alpha value is -2.67. The molecule has 0 aliphatic heterocycles. The molecule has 28 heavy (non-hydrogen) atoms. The number of ether oxygens (including phenoxy) is 2. The molecule has 0 saturated carbocycles. The Kier molecular flexibility index (Phi) is 6.96. The van der Waals surface area contributed by atoms with Crippen LogP contribution in [0.4, 0.5) is 0 Å². The SMILES string of the molecule is CCOCn1c(C(OC(C)=O)c2cc(C)cc(C)c2)c(C(C)C)c(=O)[nH]c1=O. The number of carbonyl (C=O) groups is 1. The van der Waals surface area contributed by atoms with Crippen LogP contribution in [0, 0.1) is 13.8 Å². The molecule has 0 saturated heterocycles. The average molecular weight is 388 g/mol. The number of nitrogens with one attached hydrogen (secondary N) is 1. The number of hydrogen-bond donors (Lipinski definition) is 1. The number of rotatable bonds is 7. The summed E-state index contributed by atoms with van der Waals surface area (Å²) < 4.78 is 12.4. The van der Waals surface area contributed by atoms with Crippen molar-refractivity contribution in [2.45, 2.75) is 60.3 Å². The van der Waals surface area contributed by atoms with Gasteiger partial charge in [0.05, 0.1) is 5.69 Å². The number of nitrogens with zero attached hydrogens (tertiary/aromatic N) is 1. The molecule has 2 rings (SSSR count). The summed E-state index contributed by atoms with van der Waals surface area (Å²) in [5.74, 6) is -0.703. The molecule has 0 bridgehead atoms. The van der Waals surface area contributed by atoms with E-state index in [9.17, 15) is 14.4 Å². The first-order valence-electron chi connectivity index (χ1n) is 9.35. The minimum atomic E-state index is -0.899. The summed E-state index contributed by atoms with van der Waals surface area (Å²) in [6.45, 7) is 11.1. The van der Waals surface area contributed by atoms with Crippen LogP contribution in [-0.2, 0) is 21.0 Å². The fourth-order valence-electron chi connectivity index (χ4n) is 3.36. The first-order valence-corrected chi connectivity index (χ1v) is 9.35. The van der Waals surface area contributed by atoms with Gasteiger partial charge in [-0.2, -0.15) is 0 Å². The van der Waals surface area contributed by atoms with Crippen molar-refractivity contribution in [2.75, 3.05) is 6.61 Å². The number of benzene rings is 1. The largest absolute Gasteiger partial charge is 0.451 e. The van der Waals surface area contributed by atoms with Crippen molar-refractivity contribution < 1.29 is 14.3 Å². The van der Waals surface area contributed by atoms with E-state index in [1.807, 2.05) is 52.8 Å². The van der Waals surface area contributed by atoms with Crippen LogP contribution in [0.5, 0.6) is 0 Å². The molecule has 2 aromatic rings. The molecule has 7 heteroatoms. The maximum atomic E-state index is 12.6. The van der Waals surface area contributed by atoms with Gasteiger partial charge in [0.25, 0.3) is 5.56 Å². The molecule has 1 atom stereocenters. The maximum absolute atomic E-state index is 12.6. The quantitative estimate of drug-likeness (QED) is 0.737. The van der Waals surface area contributed by atoms with Gasteiger partial charge < -0.3 is 9.47 Å². The summed E-state index contributed by atoms with van der Waals surface area (Å²) >= 11 is 0. The topological polar surface area (TPSA) is 90.4 Å². The maximum Gasteiger partial charge on any atom is 0.330 e. The molecule has 0 aliphatic rings. The number of aryl methyl sites for hydroxylation is 2. The molecule has 0 aliphatic carbocycles. The molecule has 0 fully saturated rings. The van der Waals surface area contributed by atoms with E-state index in [2.05, 4.69) is 4.98 Å². The molecular weight excluding hydrogens is 360 g/mol. The fourth-order valence-corrected chi connectivity index (χ4v) is 3.36. The number of aromatic amines is 1. The van der Waals surface area contributed by atoms with Crippen LogP contribution in [0.2, 0.25) is 0 Å². The van der Waals surface area contributed by atoms with Gasteiger partial charge in [0, 0.05) is 19.1 Å². The molecular formula is C21H28N2O5. The standard InChI is InChI=1S/C21H28N2O5/c1-7-27-11-23-18(17(12(2)3)20(25)22-21(23)26)19(28-15(6)24)16-9-13(4)8-14(5)10-16/h8-10,12,19H,7,11H2,1-6H3,(H,22,25,26). The molecule has 0 amide bonds. The number of carbonyl (C=O) groups excluding carboxylic acids is 1. The lowest BCUT2D eigenvalue weighted by atomic mass is 9.94. The van der Waals surface area contributed by atoms with Crippen LogP contribution >= 0.6 is 0 Å². The van der Waals surface area contributed by atoms with Gasteiger partial charge in [0.2, 0.25) is 0 Å². The Morgan fingerprint density at radius 2 is 1.75 bits per heavy atom. The molecule has 152 valence electrons. The lowest BCUT2D eigenvalue weighted by Gasteiger charge is -2.25. The van der Waals surface area contributed by atoms with Crippen LogP contribution in [-0.4, -0.2) is 22.1 Å². The van der Waals surface area contributed by atoms with Gasteiger partial charge in [-0.15, -0.1) is 0 Å². The fraction of sp³-hybridized carbons (Fsp3) is 0.476. The van der Waals surface area contributed by atoms with Crippen molar-refractivity contribution in [1.82, 2.24) is 9.55 Å². The molecule has 0 radical (unpaired) electrons. The third-order valence-corrected chi connectivity index (χ3v) is 4.36. The van der Waals surface area contributed by atoms with Crippen molar-refractivity contribution in [3.8, 4) is 0 Å². The first-order chi connectivity index (χ1) is 13.1. The van der Waals surface area contributed by atoms with E-state index in [1.165, 1.54) is 11.5 Å². The van der Waals surface area contributed by atoms with Crippen LogP contribution < -0.4 is 11.2 Å². The monoisotopic (exact) mass is 388 g/mol. The molecule has 1 N–H and O–H groups in total. The highest BCUT2D eigenvalue weighted by atomic mass is 16.5. The third-order valence-electron chi connectivity index (χ3n) is 4.36. The van der Waals surface area contributed by atoms with Gasteiger partial charge in [0.1, 0.15) is 6.73 Å². The van der Waals surface area contributed by atoms with Crippen molar-refractivity contribution in [3.63, 3.8) is 0 Å². The van der Waals surface area contributed by atoms with Crippen LogP contribution in [0.3, 0.4) is 0 Å². The van der Waals surface area contributed by atoms with E-state index in [1.54, 1.807) is 0 Å². The lowest BCUT2D eigenvalue weighted by Crippen LogP contribution is -2.38. The predicted molar refractivity (Wildman–Crippen MR) is 107 cm³/mol. The Morgan fingerprint density at radius 3 is 2.25 bits per heavy atom. The molecule has 1 heterocycles. The second-order valence-electron chi connectivity index (χ2n) is 7.17. The third kappa shape index (κ3) is 4.78. The molecule has 1 aromatic heterocycles. The molecule has 1 aromatic carbocycles. The van der Waals surface area contributed by atoms with Gasteiger partial charge in [-0.25, -0.2) is 4.79 Å². The number of H-pyrrole nitrogens is 1. The van der Waals surface area contributed by atoms with E-state index in [-0.39, 0.29) is 12.6 Å². The Labute approximate surface area is 164 Å². The van der Waals surface area contributed by atoms with Crippen molar-refractivity contribution in [1.29, 1.82) is 0 Å². The summed E-state index contributed by atoms with van der Waals surface area (Å²) in [4.78, 5) is 39.5. The van der Waals surface area contributed by atoms with Crippen molar-refractivity contribution >= 4 is 5.97 Å². The molecule has 7 nitrogen and oxygen atoms in total. The van der Waals surface area contributed by atoms with E-state index in [4.69, 9.17) is 9.47 Å². The predicted octanol–water partition coefficient (Wildman–Crippen LogP) is 2.92. The number of esters is 1. The van der Waals surface area contributed by atoms with Gasteiger partial charge in [-0.3, -0.25) is 19.1 Å². The highest BCUT2D eigenvalue weighted by Crippen LogP contribution is 2.31. The minimum Gasteiger partial charge on any atom is -0.451 e. The normalized spacial score (nSPS) is 12.2. The second kappa shape index (κ2) is 9.01. The number of aromatic nitrogens is 2. The lowest BCUT2D eigenvalue weighted by molar-refractivity contribution is -0.145. The average Bonchev–Trinajstić information content (AvgIpc) is 2.57. The summed E-state index contributed by atoms with van der Waals surface area (Å²) in [5, 5.41) is 0. The van der Waals surface area contributed by atoms with E-state index in [0.29, 0.717) is 23.4 Å². The summed E-state index contributed by atoms with van der Waals surface area (Å²) in [6, 6.07) is 5.78. The highest BCUT2D eigenvalue weighted by Gasteiger charge is 2.29. The van der Waals surface area contributed by atoms with Crippen LogP contribution in [0.1, 0.15) is 67.7 Å². The number of hydrogen-bond acceptors (Lipinski definition) is 5. The van der Waals surface area contributed by atoms with Crippen LogP contribution in [0.15, 0.2) is 27.8 Å². The summed E-state index contributed by atoms with van der Waals surface area (Å²) in [5.41, 5.74) is 2.33. The minimum absolute atomic E-state index is 0.0519. The Morgan fingerprint density at radius 1 is 1.14 bits per heavy atom. The Balaban J connectivity index is 2.88. The smallest absolute Gasteiger partial charge is 0.330 e. The zero-order chi connectivity index (χ0) is 21.0. The highest BCUT2D eigenvalue weighted by molar-refractivity contribution is 5.67. The van der Waals surface area contributed by atoms with Gasteiger partial charge in [-0.1, -0.05) is 43.2 Å². The van der Waals surface area contributed by atoms with Crippen molar-refractivity contribution in [2.24, 2.45) is 0 Å². The zero-order valence-electron chi connectivity index (χ0n) is 17.3. The van der Waals surface area contributed by atoms with Gasteiger partial charge in [0.15, 0.2) is 6.10 Å². The van der Waals surface area contributed by atoms with Crippen LogP contribution in [0.25, 0.3) is 0 Å². The summed E-state index contributed by atoms with van der Waals surface area (Å²) in [6.07, 6.45) is -0.899. The first kappa shape index (κ1) is 21.6. The van der Waals surface area contributed by atoms with E-state index < -0.39 is 23.3 Å². The van der Waals surface area contributed by atoms with Gasteiger partial charge in [-0.05, 0) is 32.3 Å². The molecule has 0 spiro atoms.